The standard InChI is InChI=1S/C14H24O2/c1-2-3-4-11-16-13(15)14-8-5-12(6-9-14)7-10-14/h12H,2-11H2,1H3. The van der Waals surface area contributed by atoms with Crippen LogP contribution in [-0.4, -0.2) is 12.6 Å². The summed E-state index contributed by atoms with van der Waals surface area (Å²) in [6, 6.07) is 0. The first-order chi connectivity index (χ1) is 7.77. The van der Waals surface area contributed by atoms with Crippen molar-refractivity contribution in [3.63, 3.8) is 0 Å². The number of fused-ring (bicyclic) bond motifs is 3. The van der Waals surface area contributed by atoms with Crippen LogP contribution in [0.25, 0.3) is 0 Å². The third-order valence-electron chi connectivity index (χ3n) is 4.51. The average molecular weight is 224 g/mol. The molecule has 16 heavy (non-hydrogen) atoms. The molecule has 0 aromatic heterocycles. The van der Waals surface area contributed by atoms with Crippen LogP contribution >= 0.6 is 0 Å². The lowest BCUT2D eigenvalue weighted by Crippen LogP contribution is -2.41. The molecule has 0 spiro atoms. The predicted octanol–water partition coefficient (Wildman–Crippen LogP) is 3.69. The molecule has 0 N–H and O–H groups in total. The van der Waals surface area contributed by atoms with Crippen molar-refractivity contribution in [1.82, 2.24) is 0 Å². The second-order valence-electron chi connectivity index (χ2n) is 5.61. The Balaban J connectivity index is 1.79. The first-order valence-corrected chi connectivity index (χ1v) is 6.94. The van der Waals surface area contributed by atoms with Gasteiger partial charge >= 0.3 is 5.97 Å². The van der Waals surface area contributed by atoms with Crippen LogP contribution in [0.3, 0.4) is 0 Å². The number of rotatable bonds is 5. The largest absolute Gasteiger partial charge is 0.465 e. The predicted molar refractivity (Wildman–Crippen MR) is 64.1 cm³/mol. The molecule has 0 amide bonds. The Morgan fingerprint density at radius 1 is 1.19 bits per heavy atom. The van der Waals surface area contributed by atoms with Crippen LogP contribution in [0, 0.1) is 11.3 Å². The summed E-state index contributed by atoms with van der Waals surface area (Å²) in [4.78, 5) is 12.1. The van der Waals surface area contributed by atoms with Gasteiger partial charge in [0.1, 0.15) is 0 Å². The molecule has 2 heteroatoms. The Hall–Kier alpha value is -0.530. The molecule has 0 aromatic carbocycles. The van der Waals surface area contributed by atoms with Gasteiger partial charge in [-0.25, -0.2) is 0 Å². The summed E-state index contributed by atoms with van der Waals surface area (Å²) in [7, 11) is 0. The van der Waals surface area contributed by atoms with Gasteiger partial charge in [-0.3, -0.25) is 4.79 Å². The summed E-state index contributed by atoms with van der Waals surface area (Å²) in [5, 5.41) is 0. The molecule has 0 unspecified atom stereocenters. The molecule has 2 bridgehead atoms. The summed E-state index contributed by atoms with van der Waals surface area (Å²) in [6.07, 6.45) is 10.4. The first-order valence-electron chi connectivity index (χ1n) is 6.94. The zero-order chi connectivity index (χ0) is 11.4. The van der Waals surface area contributed by atoms with Crippen molar-refractivity contribution < 1.29 is 9.53 Å². The Bertz CT molecular complexity index is 225. The highest BCUT2D eigenvalue weighted by atomic mass is 16.5. The second kappa shape index (κ2) is 5.20. The van der Waals surface area contributed by atoms with Crippen molar-refractivity contribution in [2.45, 2.75) is 64.7 Å². The van der Waals surface area contributed by atoms with E-state index in [1.807, 2.05) is 0 Å². The third kappa shape index (κ3) is 2.41. The highest BCUT2D eigenvalue weighted by molar-refractivity contribution is 5.77. The van der Waals surface area contributed by atoms with Gasteiger partial charge in [0.15, 0.2) is 0 Å². The van der Waals surface area contributed by atoms with Gasteiger partial charge in [0.25, 0.3) is 0 Å². The number of unbranched alkanes of at least 4 members (excludes halogenated alkanes) is 2. The van der Waals surface area contributed by atoms with Crippen molar-refractivity contribution in [1.29, 1.82) is 0 Å². The van der Waals surface area contributed by atoms with Crippen LogP contribution in [0.4, 0.5) is 0 Å². The lowest BCUT2D eigenvalue weighted by atomic mass is 9.61. The molecule has 2 nitrogen and oxygen atoms in total. The highest BCUT2D eigenvalue weighted by Crippen LogP contribution is 2.50. The average Bonchev–Trinajstić information content (AvgIpc) is 2.36. The molecule has 3 saturated carbocycles. The van der Waals surface area contributed by atoms with E-state index in [9.17, 15) is 4.79 Å². The Labute approximate surface area is 98.7 Å². The second-order valence-corrected chi connectivity index (χ2v) is 5.61. The third-order valence-corrected chi connectivity index (χ3v) is 4.51. The lowest BCUT2D eigenvalue weighted by Gasteiger charge is -2.44. The summed E-state index contributed by atoms with van der Waals surface area (Å²) in [6.45, 7) is 2.81. The summed E-state index contributed by atoms with van der Waals surface area (Å²) < 4.78 is 5.46. The number of hydrogen-bond acceptors (Lipinski definition) is 2. The fraction of sp³-hybridized carbons (Fsp3) is 0.929. The highest BCUT2D eigenvalue weighted by Gasteiger charge is 2.46. The van der Waals surface area contributed by atoms with E-state index in [0.717, 1.165) is 31.6 Å². The summed E-state index contributed by atoms with van der Waals surface area (Å²) >= 11 is 0. The maximum atomic E-state index is 12.1. The molecule has 0 aliphatic heterocycles. The van der Waals surface area contributed by atoms with Gasteiger partial charge in [-0.2, -0.15) is 0 Å². The minimum absolute atomic E-state index is 0.0685. The number of esters is 1. The molecule has 3 rings (SSSR count). The SMILES string of the molecule is CCCCCOC(=O)C12CCC(CC1)CC2. The van der Waals surface area contributed by atoms with Gasteiger partial charge in [0.2, 0.25) is 0 Å². The molecule has 0 saturated heterocycles. The Morgan fingerprint density at radius 3 is 2.38 bits per heavy atom. The van der Waals surface area contributed by atoms with Gasteiger partial charge in [0.05, 0.1) is 12.0 Å². The summed E-state index contributed by atoms with van der Waals surface area (Å²) in [5.41, 5.74) is -0.0685. The minimum atomic E-state index is -0.0685. The molecular weight excluding hydrogens is 200 g/mol. The zero-order valence-corrected chi connectivity index (χ0v) is 10.5. The van der Waals surface area contributed by atoms with Crippen LogP contribution in [0.2, 0.25) is 0 Å². The minimum Gasteiger partial charge on any atom is -0.465 e. The Morgan fingerprint density at radius 2 is 1.81 bits per heavy atom. The molecule has 0 radical (unpaired) electrons. The molecule has 0 aromatic rings. The Kier molecular flexibility index (Phi) is 3.88. The van der Waals surface area contributed by atoms with Gasteiger partial charge in [-0.05, 0) is 50.9 Å². The molecule has 0 atom stereocenters. The van der Waals surface area contributed by atoms with Crippen molar-refractivity contribution in [3.8, 4) is 0 Å². The summed E-state index contributed by atoms with van der Waals surface area (Å²) in [5.74, 6) is 1.02. The number of carbonyl (C=O) groups excluding carboxylic acids is 1. The number of carbonyl (C=O) groups is 1. The van der Waals surface area contributed by atoms with Gasteiger partial charge in [-0.1, -0.05) is 19.8 Å². The molecular formula is C14H24O2. The van der Waals surface area contributed by atoms with E-state index in [-0.39, 0.29) is 11.4 Å². The monoisotopic (exact) mass is 224 g/mol. The van der Waals surface area contributed by atoms with Gasteiger partial charge in [0, 0.05) is 0 Å². The van der Waals surface area contributed by atoms with Gasteiger partial charge in [-0.15, -0.1) is 0 Å². The van der Waals surface area contributed by atoms with Crippen molar-refractivity contribution in [2.24, 2.45) is 11.3 Å². The maximum Gasteiger partial charge on any atom is 0.312 e. The van der Waals surface area contributed by atoms with E-state index in [1.54, 1.807) is 0 Å². The van der Waals surface area contributed by atoms with Crippen LogP contribution in [-0.2, 0) is 9.53 Å². The molecule has 92 valence electrons. The normalized spacial score (nSPS) is 32.7. The van der Waals surface area contributed by atoms with Crippen LogP contribution in [0.1, 0.15) is 64.7 Å². The first kappa shape index (κ1) is 11.9. The van der Waals surface area contributed by atoms with E-state index in [4.69, 9.17) is 4.74 Å². The molecule has 3 aliphatic carbocycles. The fourth-order valence-corrected chi connectivity index (χ4v) is 3.23. The van der Waals surface area contributed by atoms with E-state index in [1.165, 1.54) is 32.1 Å². The molecule has 3 aliphatic rings. The van der Waals surface area contributed by atoms with E-state index < -0.39 is 0 Å². The van der Waals surface area contributed by atoms with E-state index in [0.29, 0.717) is 6.61 Å². The van der Waals surface area contributed by atoms with Gasteiger partial charge < -0.3 is 4.74 Å². The maximum absolute atomic E-state index is 12.1. The molecule has 3 fully saturated rings. The van der Waals surface area contributed by atoms with Crippen molar-refractivity contribution in [3.05, 3.63) is 0 Å². The zero-order valence-electron chi connectivity index (χ0n) is 10.5. The smallest absolute Gasteiger partial charge is 0.312 e. The quantitative estimate of drug-likeness (QED) is 0.526. The van der Waals surface area contributed by atoms with Crippen molar-refractivity contribution >= 4 is 5.97 Å². The van der Waals surface area contributed by atoms with Crippen LogP contribution < -0.4 is 0 Å². The number of hydrogen-bond donors (Lipinski definition) is 0. The van der Waals surface area contributed by atoms with Crippen LogP contribution in [0.15, 0.2) is 0 Å². The topological polar surface area (TPSA) is 26.3 Å². The van der Waals surface area contributed by atoms with Crippen molar-refractivity contribution in [2.75, 3.05) is 6.61 Å². The van der Waals surface area contributed by atoms with Crippen LogP contribution in [0.5, 0.6) is 0 Å². The lowest BCUT2D eigenvalue weighted by molar-refractivity contribution is -0.162. The van der Waals surface area contributed by atoms with E-state index in [2.05, 4.69) is 6.92 Å². The van der Waals surface area contributed by atoms with E-state index >= 15 is 0 Å². The molecule has 0 heterocycles. The number of ether oxygens (including phenoxy) is 1. The fourth-order valence-electron chi connectivity index (χ4n) is 3.23.